The van der Waals surface area contributed by atoms with Crippen molar-refractivity contribution in [3.63, 3.8) is 0 Å². The zero-order valence-corrected chi connectivity index (χ0v) is 14.9. The molecule has 3 rings (SSSR count). The number of amides is 1. The van der Waals surface area contributed by atoms with Crippen LogP contribution in [-0.2, 0) is 6.54 Å². The van der Waals surface area contributed by atoms with Crippen LogP contribution < -0.4 is 10.1 Å². The van der Waals surface area contributed by atoms with Crippen molar-refractivity contribution < 1.29 is 19.7 Å². The number of nitriles is 1. The summed E-state index contributed by atoms with van der Waals surface area (Å²) in [6, 6.07) is 7.00. The molecule has 1 aromatic carbocycles. The lowest BCUT2D eigenvalue weighted by Crippen LogP contribution is -2.11. The lowest BCUT2D eigenvalue weighted by Gasteiger charge is -2.10. The van der Waals surface area contributed by atoms with Gasteiger partial charge in [0.25, 0.3) is 0 Å². The fourth-order valence-corrected chi connectivity index (χ4v) is 2.89. The second-order valence-electron chi connectivity index (χ2n) is 5.09. The molecule has 0 saturated carbocycles. The Morgan fingerprint density at radius 3 is 2.88 bits per heavy atom. The second-order valence-corrected chi connectivity index (χ2v) is 5.84. The molecule has 0 spiro atoms. The first-order valence-corrected chi connectivity index (χ1v) is 7.92. The molecular weight excluding hydrogens is 408 g/mol. The number of hydrogen-bond donors (Lipinski definition) is 3. The Kier molecular flexibility index (Phi) is 4.59. The molecule has 0 saturated heterocycles. The number of methoxy groups -OCH3 is 1. The third-order valence-electron chi connectivity index (χ3n) is 3.48. The summed E-state index contributed by atoms with van der Waals surface area (Å²) in [4.78, 5) is 18.5. The van der Waals surface area contributed by atoms with Gasteiger partial charge in [0.2, 0.25) is 11.8 Å². The molecule has 0 aliphatic heterocycles. The van der Waals surface area contributed by atoms with Crippen molar-refractivity contribution in [1.82, 2.24) is 19.7 Å². The smallest absolute Gasteiger partial charge is 0.411 e. The van der Waals surface area contributed by atoms with Crippen LogP contribution in [-0.4, -0.2) is 43.2 Å². The van der Waals surface area contributed by atoms with Crippen molar-refractivity contribution in [3.8, 4) is 17.7 Å². The van der Waals surface area contributed by atoms with Gasteiger partial charge in [0.1, 0.15) is 11.3 Å². The molecule has 0 aliphatic carbocycles. The summed E-state index contributed by atoms with van der Waals surface area (Å²) in [5.74, 6) is -0.160. The number of halogens is 1. The van der Waals surface area contributed by atoms with Gasteiger partial charge in [0.15, 0.2) is 10.1 Å². The van der Waals surface area contributed by atoms with Gasteiger partial charge in [0, 0.05) is 5.56 Å². The van der Waals surface area contributed by atoms with Gasteiger partial charge in [-0.15, -0.1) is 0 Å². The molecule has 0 bridgehead atoms. The maximum Gasteiger partial charge on any atom is 0.411 e. The maximum atomic E-state index is 10.7. The van der Waals surface area contributed by atoms with E-state index in [1.54, 1.807) is 18.2 Å². The fraction of sp³-hybridized carbons (Fsp3) is 0.133. The van der Waals surface area contributed by atoms with Crippen LogP contribution in [0.3, 0.4) is 0 Å². The predicted molar refractivity (Wildman–Crippen MR) is 93.1 cm³/mol. The molecule has 10 nitrogen and oxygen atoms in total. The number of hydrogen-bond acceptors (Lipinski definition) is 7. The molecule has 2 aromatic heterocycles. The molecule has 0 fully saturated rings. The summed E-state index contributed by atoms with van der Waals surface area (Å²) < 4.78 is 7.03. The lowest BCUT2D eigenvalue weighted by molar-refractivity contribution is 0.209. The normalized spacial score (nSPS) is 10.5. The van der Waals surface area contributed by atoms with E-state index in [1.165, 1.54) is 11.8 Å². The summed E-state index contributed by atoms with van der Waals surface area (Å²) >= 11 is 3.24. The van der Waals surface area contributed by atoms with E-state index >= 15 is 0 Å². The number of fused-ring (bicyclic) bond motifs is 1. The van der Waals surface area contributed by atoms with E-state index in [0.717, 1.165) is 0 Å². The first-order valence-electron chi connectivity index (χ1n) is 7.13. The van der Waals surface area contributed by atoms with Gasteiger partial charge in [-0.05, 0) is 34.1 Å². The molecule has 1 amide bonds. The summed E-state index contributed by atoms with van der Waals surface area (Å²) in [7, 11) is 1.51. The summed E-state index contributed by atoms with van der Waals surface area (Å²) in [5.41, 5.74) is 1.55. The molecule has 3 N–H and O–H groups in total. The first-order chi connectivity index (χ1) is 12.4. The number of nitrogens with one attached hydrogen (secondary N) is 1. The third kappa shape index (κ3) is 3.22. The second kappa shape index (κ2) is 6.85. The topological polar surface area (TPSA) is 146 Å². The predicted octanol–water partition coefficient (Wildman–Crippen LogP) is 2.31. The standard InChI is InChI=1S/C15H11BrN6O4/c1-26-9-3-2-7(5-17)4-8(9)6-22-11-10(12(16)21-22)18-14(19-13(11)23)20-15(24)25/h2-4H,6H2,1H3,(H,24,25)(H2,18,19,20,23). The van der Waals surface area contributed by atoms with E-state index in [1.807, 2.05) is 5.32 Å². The Morgan fingerprint density at radius 1 is 1.46 bits per heavy atom. The van der Waals surface area contributed by atoms with Gasteiger partial charge >= 0.3 is 6.09 Å². The first kappa shape index (κ1) is 17.4. The van der Waals surface area contributed by atoms with Crippen molar-refractivity contribution in [3.05, 3.63) is 33.9 Å². The summed E-state index contributed by atoms with van der Waals surface area (Å²) in [5, 5.41) is 34.3. The lowest BCUT2D eigenvalue weighted by atomic mass is 10.1. The SMILES string of the molecule is COc1ccc(C#N)cc1Cn1nc(Br)c2nc(NC(=O)O)nc(O)c21. The molecule has 132 valence electrons. The molecule has 0 unspecified atom stereocenters. The average Bonchev–Trinajstić information content (AvgIpc) is 2.90. The van der Waals surface area contributed by atoms with Gasteiger partial charge in [-0.1, -0.05) is 0 Å². The Morgan fingerprint density at radius 2 is 2.23 bits per heavy atom. The van der Waals surface area contributed by atoms with Gasteiger partial charge < -0.3 is 14.9 Å². The van der Waals surface area contributed by atoms with Crippen molar-refractivity contribution in [1.29, 1.82) is 5.26 Å². The summed E-state index contributed by atoms with van der Waals surface area (Å²) in [6.07, 6.45) is -1.36. The minimum atomic E-state index is -1.36. The number of ether oxygens (including phenoxy) is 1. The average molecular weight is 419 g/mol. The summed E-state index contributed by atoms with van der Waals surface area (Å²) in [6.45, 7) is 0.170. The molecule has 2 heterocycles. The van der Waals surface area contributed by atoms with Crippen molar-refractivity contribution in [2.24, 2.45) is 0 Å². The Bertz CT molecular complexity index is 1060. The molecule has 0 radical (unpaired) electrons. The molecule has 11 heteroatoms. The van der Waals surface area contributed by atoms with E-state index in [2.05, 4.69) is 37.1 Å². The maximum absolute atomic E-state index is 10.7. The van der Waals surface area contributed by atoms with E-state index in [-0.39, 0.29) is 23.5 Å². The monoisotopic (exact) mass is 418 g/mol. The minimum absolute atomic E-state index is 0.170. The van der Waals surface area contributed by atoms with Gasteiger partial charge in [-0.2, -0.15) is 15.3 Å². The van der Waals surface area contributed by atoms with Crippen LogP contribution >= 0.6 is 15.9 Å². The largest absolute Gasteiger partial charge is 0.496 e. The van der Waals surface area contributed by atoms with E-state index < -0.39 is 12.0 Å². The number of anilines is 1. The highest BCUT2D eigenvalue weighted by Gasteiger charge is 2.19. The van der Waals surface area contributed by atoms with Gasteiger partial charge in [-0.3, -0.25) is 10.00 Å². The molecular formula is C15H11BrN6O4. The highest BCUT2D eigenvalue weighted by Crippen LogP contribution is 2.30. The highest BCUT2D eigenvalue weighted by molar-refractivity contribution is 9.10. The van der Waals surface area contributed by atoms with E-state index in [0.29, 0.717) is 21.5 Å². The van der Waals surface area contributed by atoms with Crippen LogP contribution in [0, 0.1) is 11.3 Å². The Hall–Kier alpha value is -3.39. The Labute approximate surface area is 154 Å². The van der Waals surface area contributed by atoms with Crippen molar-refractivity contribution in [2.45, 2.75) is 6.54 Å². The van der Waals surface area contributed by atoms with Crippen LogP contribution in [0.1, 0.15) is 11.1 Å². The van der Waals surface area contributed by atoms with Crippen LogP contribution in [0.25, 0.3) is 11.0 Å². The number of carboxylic acid groups (broad SMARTS) is 1. The quantitative estimate of drug-likeness (QED) is 0.584. The number of nitrogens with zero attached hydrogens (tertiary/aromatic N) is 5. The molecule has 26 heavy (non-hydrogen) atoms. The third-order valence-corrected chi connectivity index (χ3v) is 4.01. The van der Waals surface area contributed by atoms with Crippen LogP contribution in [0.15, 0.2) is 22.8 Å². The van der Waals surface area contributed by atoms with Gasteiger partial charge in [0.05, 0.1) is 25.3 Å². The Balaban J connectivity index is 2.10. The number of aromatic nitrogens is 4. The van der Waals surface area contributed by atoms with Crippen LogP contribution in [0.2, 0.25) is 0 Å². The highest BCUT2D eigenvalue weighted by atomic mass is 79.9. The number of benzene rings is 1. The van der Waals surface area contributed by atoms with Crippen LogP contribution in [0.4, 0.5) is 10.7 Å². The number of carbonyl (C=O) groups is 1. The molecule has 0 aliphatic rings. The number of rotatable bonds is 4. The van der Waals surface area contributed by atoms with Crippen LogP contribution in [0.5, 0.6) is 11.6 Å². The minimum Gasteiger partial charge on any atom is -0.496 e. The number of aromatic hydroxyl groups is 1. The zero-order valence-electron chi connectivity index (χ0n) is 13.3. The zero-order chi connectivity index (χ0) is 18.8. The molecule has 3 aromatic rings. The van der Waals surface area contributed by atoms with E-state index in [9.17, 15) is 9.90 Å². The van der Waals surface area contributed by atoms with Gasteiger partial charge in [-0.25, -0.2) is 9.78 Å². The van der Waals surface area contributed by atoms with Crippen molar-refractivity contribution in [2.75, 3.05) is 12.4 Å². The fourth-order valence-electron chi connectivity index (χ4n) is 2.43. The molecule has 0 atom stereocenters. The van der Waals surface area contributed by atoms with E-state index in [4.69, 9.17) is 15.1 Å². The van der Waals surface area contributed by atoms with Crippen molar-refractivity contribution >= 4 is 39.0 Å².